The van der Waals surface area contributed by atoms with Crippen LogP contribution in [-0.2, 0) is 21.9 Å². The fraction of sp³-hybridized carbons (Fsp3) is 0.300. The molecule has 164 valence electrons. The lowest BCUT2D eigenvalue weighted by Gasteiger charge is -2.30. The van der Waals surface area contributed by atoms with Crippen molar-refractivity contribution in [3.63, 3.8) is 0 Å². The van der Waals surface area contributed by atoms with Crippen molar-refractivity contribution in [1.29, 1.82) is 0 Å². The quantitative estimate of drug-likeness (QED) is 0.634. The number of aromatic nitrogens is 2. The Morgan fingerprint density at radius 1 is 1.16 bits per heavy atom. The largest absolute Gasteiger partial charge is 0.313 e. The second-order valence-corrected chi connectivity index (χ2v) is 9.71. The Morgan fingerprint density at radius 2 is 1.87 bits per heavy atom. The van der Waals surface area contributed by atoms with E-state index in [-0.39, 0.29) is 31.8 Å². The summed E-state index contributed by atoms with van der Waals surface area (Å²) in [6.45, 7) is 0.0447. The van der Waals surface area contributed by atoms with Crippen LogP contribution in [0.25, 0.3) is 11.0 Å². The summed E-state index contributed by atoms with van der Waals surface area (Å²) in [6, 6.07) is 7.54. The zero-order chi connectivity index (χ0) is 22.3. The first-order valence-electron chi connectivity index (χ1n) is 9.55. The molecular formula is C20H19ClF2N4O3S. The Hall–Kier alpha value is -2.56. The molecule has 4 rings (SSSR count). The van der Waals surface area contributed by atoms with E-state index in [0.717, 1.165) is 22.0 Å². The van der Waals surface area contributed by atoms with Gasteiger partial charge < -0.3 is 4.57 Å². The summed E-state index contributed by atoms with van der Waals surface area (Å²) in [5.74, 6) is -2.20. The SMILES string of the molecule is Cn1c(NC(=O)C2CCN(S(=O)(=O)c3cc(F)ccc3F)CC2)nc2cc(Cl)ccc21. The molecule has 0 bridgehead atoms. The number of halogens is 3. The van der Waals surface area contributed by atoms with Crippen molar-refractivity contribution < 1.29 is 22.0 Å². The van der Waals surface area contributed by atoms with Gasteiger partial charge in [-0.25, -0.2) is 22.2 Å². The van der Waals surface area contributed by atoms with Gasteiger partial charge in [0.15, 0.2) is 0 Å². The van der Waals surface area contributed by atoms with E-state index < -0.39 is 32.5 Å². The molecule has 1 aliphatic rings. The molecule has 31 heavy (non-hydrogen) atoms. The first kappa shape index (κ1) is 21.7. The molecule has 0 spiro atoms. The number of carbonyl (C=O) groups is 1. The van der Waals surface area contributed by atoms with Crippen molar-refractivity contribution in [2.45, 2.75) is 17.7 Å². The molecule has 0 unspecified atom stereocenters. The van der Waals surface area contributed by atoms with Gasteiger partial charge in [0.1, 0.15) is 16.5 Å². The maximum Gasteiger partial charge on any atom is 0.246 e. The van der Waals surface area contributed by atoms with Crippen molar-refractivity contribution in [1.82, 2.24) is 13.9 Å². The van der Waals surface area contributed by atoms with E-state index in [9.17, 15) is 22.0 Å². The van der Waals surface area contributed by atoms with Crippen molar-refractivity contribution in [2.75, 3.05) is 18.4 Å². The minimum Gasteiger partial charge on any atom is -0.313 e. The fourth-order valence-corrected chi connectivity index (χ4v) is 5.38. The number of fused-ring (bicyclic) bond motifs is 1. The number of hydrogen-bond acceptors (Lipinski definition) is 4. The monoisotopic (exact) mass is 468 g/mol. The van der Waals surface area contributed by atoms with Crippen molar-refractivity contribution >= 4 is 44.5 Å². The molecule has 11 heteroatoms. The van der Waals surface area contributed by atoms with Crippen LogP contribution in [-0.4, -0.2) is 41.3 Å². The van der Waals surface area contributed by atoms with E-state index in [4.69, 9.17) is 11.6 Å². The Kier molecular flexibility index (Phi) is 5.71. The van der Waals surface area contributed by atoms with Gasteiger partial charge in [-0.1, -0.05) is 11.6 Å². The van der Waals surface area contributed by atoms with Crippen LogP contribution in [0, 0.1) is 17.6 Å². The molecule has 0 atom stereocenters. The molecule has 3 aromatic rings. The molecule has 1 amide bonds. The Bertz CT molecular complexity index is 1270. The van der Waals surface area contributed by atoms with Gasteiger partial charge in [-0.15, -0.1) is 0 Å². The van der Waals surface area contributed by atoms with Crippen LogP contribution in [0.4, 0.5) is 14.7 Å². The van der Waals surface area contributed by atoms with Crippen LogP contribution >= 0.6 is 11.6 Å². The summed E-state index contributed by atoms with van der Waals surface area (Å²) in [6.07, 6.45) is 0.496. The van der Waals surface area contributed by atoms with Gasteiger partial charge in [0.05, 0.1) is 11.0 Å². The highest BCUT2D eigenvalue weighted by Gasteiger charge is 2.34. The first-order chi connectivity index (χ1) is 14.7. The number of imidazole rings is 1. The number of rotatable bonds is 4. The van der Waals surface area contributed by atoms with E-state index in [0.29, 0.717) is 22.6 Å². The number of anilines is 1. The van der Waals surface area contributed by atoms with Gasteiger partial charge in [-0.05, 0) is 49.2 Å². The van der Waals surface area contributed by atoms with Crippen molar-refractivity contribution in [3.8, 4) is 0 Å². The number of benzene rings is 2. The van der Waals surface area contributed by atoms with Crippen LogP contribution in [0.1, 0.15) is 12.8 Å². The number of piperidine rings is 1. The van der Waals surface area contributed by atoms with Gasteiger partial charge in [-0.2, -0.15) is 4.31 Å². The number of sulfonamides is 1. The summed E-state index contributed by atoms with van der Waals surface area (Å²) in [5.41, 5.74) is 1.45. The number of amides is 1. The molecule has 0 saturated carbocycles. The predicted molar refractivity (Wildman–Crippen MR) is 112 cm³/mol. The molecule has 1 aromatic heterocycles. The smallest absolute Gasteiger partial charge is 0.246 e. The topological polar surface area (TPSA) is 84.3 Å². The first-order valence-corrected chi connectivity index (χ1v) is 11.4. The maximum atomic E-state index is 14.0. The minimum atomic E-state index is -4.19. The van der Waals surface area contributed by atoms with Gasteiger partial charge in [-0.3, -0.25) is 10.1 Å². The minimum absolute atomic E-state index is 0.0223. The normalized spacial score (nSPS) is 16.0. The Balaban J connectivity index is 1.45. The van der Waals surface area contributed by atoms with E-state index >= 15 is 0 Å². The average molecular weight is 469 g/mol. The number of hydrogen-bond donors (Lipinski definition) is 1. The second kappa shape index (κ2) is 8.18. The van der Waals surface area contributed by atoms with Crippen LogP contribution in [0.15, 0.2) is 41.3 Å². The van der Waals surface area contributed by atoms with Crippen LogP contribution in [0.5, 0.6) is 0 Å². The maximum absolute atomic E-state index is 14.0. The highest BCUT2D eigenvalue weighted by molar-refractivity contribution is 7.89. The van der Waals surface area contributed by atoms with E-state index in [1.807, 2.05) is 0 Å². The Morgan fingerprint density at radius 3 is 2.58 bits per heavy atom. The summed E-state index contributed by atoms with van der Waals surface area (Å²) < 4.78 is 55.6. The highest BCUT2D eigenvalue weighted by Crippen LogP contribution is 2.27. The van der Waals surface area contributed by atoms with Crippen molar-refractivity contribution in [2.24, 2.45) is 13.0 Å². The van der Waals surface area contributed by atoms with E-state index in [2.05, 4.69) is 10.3 Å². The van der Waals surface area contributed by atoms with Gasteiger partial charge in [0.2, 0.25) is 21.9 Å². The lowest BCUT2D eigenvalue weighted by molar-refractivity contribution is -0.121. The number of carbonyl (C=O) groups excluding carboxylic acids is 1. The van der Waals surface area contributed by atoms with Gasteiger partial charge in [0.25, 0.3) is 0 Å². The van der Waals surface area contributed by atoms with Gasteiger partial charge in [0, 0.05) is 31.1 Å². The fourth-order valence-electron chi connectivity index (χ4n) is 3.67. The molecule has 1 aliphatic heterocycles. The molecule has 0 aliphatic carbocycles. The third kappa shape index (κ3) is 4.15. The van der Waals surface area contributed by atoms with E-state index in [1.165, 1.54) is 0 Å². The summed E-state index contributed by atoms with van der Waals surface area (Å²) in [4.78, 5) is 16.4. The second-order valence-electron chi connectivity index (χ2n) is 7.37. The van der Waals surface area contributed by atoms with Crippen LogP contribution < -0.4 is 5.32 Å². The third-order valence-electron chi connectivity index (χ3n) is 5.41. The Labute approximate surface area is 182 Å². The number of aryl methyl sites for hydroxylation is 1. The molecule has 7 nitrogen and oxygen atoms in total. The summed E-state index contributed by atoms with van der Waals surface area (Å²) in [7, 11) is -2.43. The molecule has 1 fully saturated rings. The third-order valence-corrected chi connectivity index (χ3v) is 7.56. The molecule has 0 radical (unpaired) electrons. The summed E-state index contributed by atoms with van der Waals surface area (Å²) >= 11 is 5.99. The van der Waals surface area contributed by atoms with Crippen LogP contribution in [0.2, 0.25) is 5.02 Å². The zero-order valence-electron chi connectivity index (χ0n) is 16.5. The zero-order valence-corrected chi connectivity index (χ0v) is 18.1. The standard InChI is InChI=1S/C20H19ClF2N4O3S/c1-26-17-5-2-13(21)10-16(17)24-20(26)25-19(28)12-6-8-27(9-7-12)31(29,30)18-11-14(22)3-4-15(18)23/h2-5,10-12H,6-9H2,1H3,(H,24,25,28). The number of nitrogens with zero attached hydrogens (tertiary/aromatic N) is 3. The van der Waals surface area contributed by atoms with Crippen LogP contribution in [0.3, 0.4) is 0 Å². The highest BCUT2D eigenvalue weighted by atomic mass is 35.5. The van der Waals surface area contributed by atoms with Crippen molar-refractivity contribution in [3.05, 3.63) is 53.1 Å². The summed E-state index contributed by atoms with van der Waals surface area (Å²) in [5, 5.41) is 3.32. The lowest BCUT2D eigenvalue weighted by Crippen LogP contribution is -2.41. The lowest BCUT2D eigenvalue weighted by atomic mass is 9.97. The van der Waals surface area contributed by atoms with Gasteiger partial charge >= 0.3 is 0 Å². The van der Waals surface area contributed by atoms with E-state index in [1.54, 1.807) is 29.8 Å². The predicted octanol–water partition coefficient (Wildman–Crippen LogP) is 3.54. The average Bonchev–Trinajstić information content (AvgIpc) is 3.04. The molecule has 1 saturated heterocycles. The molecule has 2 heterocycles. The molecule has 2 aromatic carbocycles. The number of nitrogens with one attached hydrogen (secondary N) is 1. The molecular weight excluding hydrogens is 450 g/mol. The molecule has 1 N–H and O–H groups in total.